The van der Waals surface area contributed by atoms with Gasteiger partial charge in [-0.25, -0.2) is 9.97 Å². The molecule has 0 aliphatic carbocycles. The molecule has 0 saturated carbocycles. The molecule has 2 heterocycles. The van der Waals surface area contributed by atoms with Crippen molar-refractivity contribution in [2.75, 3.05) is 11.4 Å². The minimum absolute atomic E-state index is 0.0850. The average Bonchev–Trinajstić information content (AvgIpc) is 2.57. The molecular formula is C13H18N4O2. The van der Waals surface area contributed by atoms with E-state index >= 15 is 0 Å². The monoisotopic (exact) mass is 262 g/mol. The molecule has 0 aromatic carbocycles. The maximum absolute atomic E-state index is 12.7. The molecular weight excluding hydrogens is 244 g/mol. The summed E-state index contributed by atoms with van der Waals surface area (Å²) in [4.78, 5) is 34.0. The molecule has 1 aromatic heterocycles. The summed E-state index contributed by atoms with van der Waals surface area (Å²) in [7, 11) is 0. The molecule has 0 atom stereocenters. The standard InChI is InChI=1S/C13H18N4O2/c1-3-13(4-2)12(19)17(6-5-11(18)16-13)10-7-14-9-15-8-10/h7-9H,3-6H2,1-2H3,(H,16,18). The topological polar surface area (TPSA) is 75.2 Å². The number of carbonyl (C=O) groups is 2. The zero-order valence-electron chi connectivity index (χ0n) is 11.2. The van der Waals surface area contributed by atoms with E-state index in [1.165, 1.54) is 6.33 Å². The van der Waals surface area contributed by atoms with Gasteiger partial charge < -0.3 is 10.2 Å². The molecule has 0 spiro atoms. The van der Waals surface area contributed by atoms with Crippen LogP contribution in [0.1, 0.15) is 33.1 Å². The van der Waals surface area contributed by atoms with Crippen LogP contribution < -0.4 is 10.2 Å². The van der Waals surface area contributed by atoms with Crippen molar-refractivity contribution in [3.63, 3.8) is 0 Å². The maximum Gasteiger partial charge on any atom is 0.252 e. The molecule has 6 nitrogen and oxygen atoms in total. The smallest absolute Gasteiger partial charge is 0.252 e. The maximum atomic E-state index is 12.7. The summed E-state index contributed by atoms with van der Waals surface area (Å²) in [6.45, 7) is 4.18. The Kier molecular flexibility index (Phi) is 3.78. The molecule has 0 unspecified atom stereocenters. The van der Waals surface area contributed by atoms with E-state index in [0.717, 1.165) is 0 Å². The molecule has 1 fully saturated rings. The fraction of sp³-hybridized carbons (Fsp3) is 0.538. The first-order chi connectivity index (χ1) is 9.13. The summed E-state index contributed by atoms with van der Waals surface area (Å²) in [5.41, 5.74) is -0.182. The predicted molar refractivity (Wildman–Crippen MR) is 70.5 cm³/mol. The lowest BCUT2D eigenvalue weighted by Gasteiger charge is -2.33. The quantitative estimate of drug-likeness (QED) is 0.877. The number of hydrogen-bond donors (Lipinski definition) is 1. The zero-order chi connectivity index (χ0) is 13.9. The van der Waals surface area contributed by atoms with E-state index in [2.05, 4.69) is 15.3 Å². The number of amides is 2. The summed E-state index contributed by atoms with van der Waals surface area (Å²) in [5, 5.41) is 2.87. The summed E-state index contributed by atoms with van der Waals surface area (Å²) < 4.78 is 0. The van der Waals surface area contributed by atoms with E-state index in [-0.39, 0.29) is 11.8 Å². The van der Waals surface area contributed by atoms with Gasteiger partial charge in [0, 0.05) is 13.0 Å². The van der Waals surface area contributed by atoms with Crippen LogP contribution in [0.2, 0.25) is 0 Å². The summed E-state index contributed by atoms with van der Waals surface area (Å²) in [6, 6.07) is 0. The molecule has 1 aliphatic rings. The van der Waals surface area contributed by atoms with Gasteiger partial charge in [-0.3, -0.25) is 9.59 Å². The highest BCUT2D eigenvalue weighted by Crippen LogP contribution is 2.25. The van der Waals surface area contributed by atoms with E-state index in [1.807, 2.05) is 13.8 Å². The van der Waals surface area contributed by atoms with Crippen molar-refractivity contribution in [3.05, 3.63) is 18.7 Å². The molecule has 2 rings (SSSR count). The van der Waals surface area contributed by atoms with Crippen LogP contribution in [-0.2, 0) is 9.59 Å². The van der Waals surface area contributed by atoms with Gasteiger partial charge in [-0.05, 0) is 12.8 Å². The zero-order valence-corrected chi connectivity index (χ0v) is 11.2. The fourth-order valence-corrected chi connectivity index (χ4v) is 2.36. The van der Waals surface area contributed by atoms with Crippen molar-refractivity contribution in [3.8, 4) is 0 Å². The second kappa shape index (κ2) is 5.34. The third-order valence-corrected chi connectivity index (χ3v) is 3.66. The van der Waals surface area contributed by atoms with E-state index in [1.54, 1.807) is 17.3 Å². The molecule has 102 valence electrons. The average molecular weight is 262 g/mol. The van der Waals surface area contributed by atoms with E-state index < -0.39 is 5.54 Å². The van der Waals surface area contributed by atoms with Gasteiger partial charge in [0.1, 0.15) is 11.9 Å². The van der Waals surface area contributed by atoms with Crippen molar-refractivity contribution in [1.82, 2.24) is 15.3 Å². The minimum Gasteiger partial charge on any atom is -0.342 e. The highest BCUT2D eigenvalue weighted by Gasteiger charge is 2.42. The molecule has 6 heteroatoms. The van der Waals surface area contributed by atoms with Crippen molar-refractivity contribution in [2.45, 2.75) is 38.6 Å². The number of nitrogens with one attached hydrogen (secondary N) is 1. The van der Waals surface area contributed by atoms with E-state index in [4.69, 9.17) is 0 Å². The van der Waals surface area contributed by atoms with Crippen LogP contribution in [0.3, 0.4) is 0 Å². The lowest BCUT2D eigenvalue weighted by molar-refractivity contribution is -0.130. The van der Waals surface area contributed by atoms with Gasteiger partial charge in [0.15, 0.2) is 0 Å². The van der Waals surface area contributed by atoms with E-state index in [9.17, 15) is 9.59 Å². The third kappa shape index (κ3) is 2.43. The Labute approximate surface area is 112 Å². The molecule has 1 aliphatic heterocycles. The molecule has 1 N–H and O–H groups in total. The van der Waals surface area contributed by atoms with Crippen molar-refractivity contribution in [2.24, 2.45) is 0 Å². The van der Waals surface area contributed by atoms with Crippen molar-refractivity contribution >= 4 is 17.5 Å². The van der Waals surface area contributed by atoms with Gasteiger partial charge in [-0.2, -0.15) is 0 Å². The molecule has 0 bridgehead atoms. The number of hydrogen-bond acceptors (Lipinski definition) is 4. The van der Waals surface area contributed by atoms with Gasteiger partial charge in [0.25, 0.3) is 5.91 Å². The van der Waals surface area contributed by atoms with Gasteiger partial charge in [0.2, 0.25) is 5.91 Å². The second-order valence-corrected chi connectivity index (χ2v) is 4.64. The Balaban J connectivity index is 2.39. The van der Waals surface area contributed by atoms with Crippen LogP contribution in [0.4, 0.5) is 5.69 Å². The van der Waals surface area contributed by atoms with Crippen LogP contribution in [-0.4, -0.2) is 33.9 Å². The number of rotatable bonds is 3. The lowest BCUT2D eigenvalue weighted by atomic mass is 9.91. The highest BCUT2D eigenvalue weighted by atomic mass is 16.2. The van der Waals surface area contributed by atoms with Crippen LogP contribution in [0, 0.1) is 0 Å². The number of carbonyl (C=O) groups excluding carboxylic acids is 2. The van der Waals surface area contributed by atoms with Crippen LogP contribution in [0.25, 0.3) is 0 Å². The second-order valence-electron chi connectivity index (χ2n) is 4.64. The number of anilines is 1. The SMILES string of the molecule is CCC1(CC)NC(=O)CCN(c2cncnc2)C1=O. The first-order valence-corrected chi connectivity index (χ1v) is 6.51. The van der Waals surface area contributed by atoms with Gasteiger partial charge in [-0.1, -0.05) is 13.8 Å². The predicted octanol–water partition coefficient (Wildman–Crippen LogP) is 0.888. The van der Waals surface area contributed by atoms with Gasteiger partial charge in [0.05, 0.1) is 18.1 Å². The Morgan fingerprint density at radius 2 is 1.89 bits per heavy atom. The molecule has 1 aromatic rings. The number of nitrogens with zero attached hydrogens (tertiary/aromatic N) is 3. The first kappa shape index (κ1) is 13.5. The number of aromatic nitrogens is 2. The van der Waals surface area contributed by atoms with Crippen molar-refractivity contribution < 1.29 is 9.59 Å². The largest absolute Gasteiger partial charge is 0.342 e. The molecule has 19 heavy (non-hydrogen) atoms. The Bertz CT molecular complexity index is 471. The van der Waals surface area contributed by atoms with Crippen LogP contribution in [0.5, 0.6) is 0 Å². The Morgan fingerprint density at radius 3 is 2.47 bits per heavy atom. The van der Waals surface area contributed by atoms with Gasteiger partial charge >= 0.3 is 0 Å². The normalized spacial score (nSPS) is 18.9. The Hall–Kier alpha value is -1.98. The lowest BCUT2D eigenvalue weighted by Crippen LogP contribution is -2.56. The first-order valence-electron chi connectivity index (χ1n) is 6.51. The van der Waals surface area contributed by atoms with Gasteiger partial charge in [-0.15, -0.1) is 0 Å². The summed E-state index contributed by atoms with van der Waals surface area (Å²) in [6.07, 6.45) is 6.04. The van der Waals surface area contributed by atoms with Crippen molar-refractivity contribution in [1.29, 1.82) is 0 Å². The Morgan fingerprint density at radius 1 is 1.26 bits per heavy atom. The molecule has 2 amide bonds. The fourth-order valence-electron chi connectivity index (χ4n) is 2.36. The highest BCUT2D eigenvalue weighted by molar-refractivity contribution is 6.04. The van der Waals surface area contributed by atoms with Crippen LogP contribution >= 0.6 is 0 Å². The summed E-state index contributed by atoms with van der Waals surface area (Å²) in [5.74, 6) is -0.172. The minimum atomic E-state index is -0.816. The third-order valence-electron chi connectivity index (χ3n) is 3.66. The van der Waals surface area contributed by atoms with E-state index in [0.29, 0.717) is 31.5 Å². The summed E-state index contributed by atoms with van der Waals surface area (Å²) >= 11 is 0. The van der Waals surface area contributed by atoms with Crippen LogP contribution in [0.15, 0.2) is 18.7 Å². The molecule has 0 radical (unpaired) electrons. The molecule has 1 saturated heterocycles.